The normalized spacial score (nSPS) is 15.0. The second kappa shape index (κ2) is 7.66. The summed E-state index contributed by atoms with van der Waals surface area (Å²) < 4.78 is 37.9. The number of aromatic nitrogens is 2. The van der Waals surface area contributed by atoms with E-state index in [4.69, 9.17) is 9.47 Å². The number of ether oxygens (including phenoxy) is 2. The van der Waals surface area contributed by atoms with Crippen molar-refractivity contribution in [3.63, 3.8) is 0 Å². The van der Waals surface area contributed by atoms with Crippen LogP contribution in [0.2, 0.25) is 0 Å². The van der Waals surface area contributed by atoms with E-state index in [9.17, 15) is 8.42 Å². The van der Waals surface area contributed by atoms with Gasteiger partial charge in [-0.15, -0.1) is 0 Å². The number of anilines is 2. The van der Waals surface area contributed by atoms with E-state index in [2.05, 4.69) is 14.7 Å². The predicted octanol–water partition coefficient (Wildman–Crippen LogP) is 1.51. The lowest BCUT2D eigenvalue weighted by atomic mass is 10.3. The molecule has 2 aromatic rings. The van der Waals surface area contributed by atoms with E-state index in [0.717, 1.165) is 13.1 Å². The largest absolute Gasteiger partial charge is 0.494 e. The van der Waals surface area contributed by atoms with Crippen LogP contribution < -0.4 is 14.4 Å². The van der Waals surface area contributed by atoms with Crippen molar-refractivity contribution >= 4 is 21.7 Å². The Hall–Kier alpha value is -2.39. The number of nitrogens with one attached hydrogen (secondary N) is 1. The van der Waals surface area contributed by atoms with Crippen LogP contribution in [0.4, 0.5) is 11.6 Å². The van der Waals surface area contributed by atoms with Gasteiger partial charge in [-0.05, 0) is 31.2 Å². The molecule has 1 aliphatic rings. The molecule has 1 aromatic heterocycles. The Labute approximate surface area is 146 Å². The van der Waals surface area contributed by atoms with Crippen molar-refractivity contribution in [1.29, 1.82) is 0 Å². The Kier molecular flexibility index (Phi) is 5.34. The molecule has 0 amide bonds. The van der Waals surface area contributed by atoms with Crippen LogP contribution in [0.25, 0.3) is 0 Å². The first-order valence-corrected chi connectivity index (χ1v) is 9.47. The average molecular weight is 364 g/mol. The predicted molar refractivity (Wildman–Crippen MR) is 93.5 cm³/mol. The van der Waals surface area contributed by atoms with Gasteiger partial charge in [0, 0.05) is 13.1 Å². The van der Waals surface area contributed by atoms with Crippen LogP contribution in [-0.2, 0) is 14.8 Å². The molecule has 1 aromatic carbocycles. The molecule has 0 radical (unpaired) electrons. The van der Waals surface area contributed by atoms with Crippen molar-refractivity contribution in [2.24, 2.45) is 0 Å². The highest BCUT2D eigenvalue weighted by atomic mass is 32.2. The summed E-state index contributed by atoms with van der Waals surface area (Å²) >= 11 is 0. The van der Waals surface area contributed by atoms with Crippen LogP contribution in [-0.4, -0.2) is 51.3 Å². The summed E-state index contributed by atoms with van der Waals surface area (Å²) in [5.41, 5.74) is 0.311. The molecule has 0 unspecified atom stereocenters. The maximum Gasteiger partial charge on any atom is 0.261 e. The lowest BCUT2D eigenvalue weighted by Crippen LogP contribution is -2.37. The fourth-order valence-corrected chi connectivity index (χ4v) is 3.42. The van der Waals surface area contributed by atoms with Crippen LogP contribution in [0.15, 0.2) is 41.6 Å². The summed E-state index contributed by atoms with van der Waals surface area (Å²) in [5, 5.41) is 0. The molecule has 1 N–H and O–H groups in total. The molecule has 3 rings (SSSR count). The third kappa shape index (κ3) is 4.37. The van der Waals surface area contributed by atoms with Crippen LogP contribution in [0, 0.1) is 0 Å². The Morgan fingerprint density at radius 2 is 1.80 bits per heavy atom. The molecule has 134 valence electrons. The monoisotopic (exact) mass is 364 g/mol. The van der Waals surface area contributed by atoms with Gasteiger partial charge in [-0.2, -0.15) is 0 Å². The fourth-order valence-electron chi connectivity index (χ4n) is 2.40. The maximum absolute atomic E-state index is 12.4. The van der Waals surface area contributed by atoms with Gasteiger partial charge < -0.3 is 14.4 Å². The second-order valence-corrected chi connectivity index (χ2v) is 7.06. The van der Waals surface area contributed by atoms with E-state index in [1.165, 1.54) is 24.5 Å². The number of morpholine rings is 1. The SMILES string of the molecule is CCOc1ccc(S(=O)(=O)Nc2cnc(N3CCOCC3)nc2)cc1. The highest BCUT2D eigenvalue weighted by Gasteiger charge is 2.16. The van der Waals surface area contributed by atoms with Crippen LogP contribution >= 0.6 is 0 Å². The zero-order chi connectivity index (χ0) is 17.7. The van der Waals surface area contributed by atoms with E-state index in [1.807, 2.05) is 11.8 Å². The van der Waals surface area contributed by atoms with Crippen molar-refractivity contribution in [1.82, 2.24) is 9.97 Å². The van der Waals surface area contributed by atoms with Crippen molar-refractivity contribution in [3.8, 4) is 5.75 Å². The molecule has 25 heavy (non-hydrogen) atoms. The summed E-state index contributed by atoms with van der Waals surface area (Å²) in [4.78, 5) is 10.6. The van der Waals surface area contributed by atoms with Gasteiger partial charge in [-0.1, -0.05) is 0 Å². The lowest BCUT2D eigenvalue weighted by molar-refractivity contribution is 0.122. The Balaban J connectivity index is 1.69. The smallest absolute Gasteiger partial charge is 0.261 e. The molecule has 1 saturated heterocycles. The van der Waals surface area contributed by atoms with Gasteiger partial charge in [-0.25, -0.2) is 18.4 Å². The number of hydrogen-bond donors (Lipinski definition) is 1. The number of rotatable bonds is 6. The minimum Gasteiger partial charge on any atom is -0.494 e. The molecule has 0 spiro atoms. The number of hydrogen-bond acceptors (Lipinski definition) is 7. The van der Waals surface area contributed by atoms with Gasteiger partial charge in [0.25, 0.3) is 10.0 Å². The van der Waals surface area contributed by atoms with Crippen molar-refractivity contribution < 1.29 is 17.9 Å². The van der Waals surface area contributed by atoms with Gasteiger partial charge in [0.1, 0.15) is 5.75 Å². The molecule has 1 fully saturated rings. The number of sulfonamides is 1. The molecule has 8 nitrogen and oxygen atoms in total. The summed E-state index contributed by atoms with van der Waals surface area (Å²) in [6, 6.07) is 6.23. The average Bonchev–Trinajstić information content (AvgIpc) is 2.63. The molecule has 0 atom stereocenters. The number of benzene rings is 1. The molecule has 0 bridgehead atoms. The van der Waals surface area contributed by atoms with E-state index in [0.29, 0.717) is 37.2 Å². The van der Waals surface area contributed by atoms with E-state index >= 15 is 0 Å². The highest BCUT2D eigenvalue weighted by molar-refractivity contribution is 7.92. The van der Waals surface area contributed by atoms with E-state index in [-0.39, 0.29) is 4.90 Å². The zero-order valence-corrected chi connectivity index (χ0v) is 14.7. The van der Waals surface area contributed by atoms with Crippen molar-refractivity contribution in [2.45, 2.75) is 11.8 Å². The van der Waals surface area contributed by atoms with Gasteiger partial charge in [0.15, 0.2) is 0 Å². The third-order valence-electron chi connectivity index (χ3n) is 3.63. The van der Waals surface area contributed by atoms with Crippen molar-refractivity contribution in [3.05, 3.63) is 36.7 Å². The molecule has 0 aliphatic carbocycles. The molecular weight excluding hydrogens is 344 g/mol. The first-order valence-electron chi connectivity index (χ1n) is 7.99. The van der Waals surface area contributed by atoms with Gasteiger partial charge in [0.05, 0.1) is 42.8 Å². The molecule has 9 heteroatoms. The Morgan fingerprint density at radius 3 is 2.40 bits per heavy atom. The molecule has 2 heterocycles. The summed E-state index contributed by atoms with van der Waals surface area (Å²) in [6.45, 7) is 5.10. The van der Waals surface area contributed by atoms with Crippen LogP contribution in [0.5, 0.6) is 5.75 Å². The minimum absolute atomic E-state index is 0.146. The van der Waals surface area contributed by atoms with Crippen LogP contribution in [0.3, 0.4) is 0 Å². The fraction of sp³-hybridized carbons (Fsp3) is 0.375. The van der Waals surface area contributed by atoms with Gasteiger partial charge >= 0.3 is 0 Å². The third-order valence-corrected chi connectivity index (χ3v) is 5.03. The van der Waals surface area contributed by atoms with E-state index in [1.54, 1.807) is 12.1 Å². The summed E-state index contributed by atoms with van der Waals surface area (Å²) in [6.07, 6.45) is 2.92. The minimum atomic E-state index is -3.70. The van der Waals surface area contributed by atoms with E-state index < -0.39 is 10.0 Å². The lowest BCUT2D eigenvalue weighted by Gasteiger charge is -2.26. The summed E-state index contributed by atoms with van der Waals surface area (Å²) in [7, 11) is -3.70. The Bertz CT molecular complexity index is 788. The molecule has 0 saturated carbocycles. The summed E-state index contributed by atoms with van der Waals surface area (Å²) in [5.74, 6) is 1.19. The van der Waals surface area contributed by atoms with Gasteiger partial charge in [-0.3, -0.25) is 4.72 Å². The number of nitrogens with zero attached hydrogens (tertiary/aromatic N) is 3. The topological polar surface area (TPSA) is 93.7 Å². The Morgan fingerprint density at radius 1 is 1.16 bits per heavy atom. The van der Waals surface area contributed by atoms with Crippen LogP contribution in [0.1, 0.15) is 6.92 Å². The zero-order valence-electron chi connectivity index (χ0n) is 13.9. The first kappa shape index (κ1) is 17.4. The maximum atomic E-state index is 12.4. The first-order chi connectivity index (χ1) is 12.1. The second-order valence-electron chi connectivity index (χ2n) is 5.38. The van der Waals surface area contributed by atoms with Crippen molar-refractivity contribution in [2.75, 3.05) is 42.5 Å². The molecule has 1 aliphatic heterocycles. The quantitative estimate of drug-likeness (QED) is 0.830. The molecular formula is C16H20N4O4S. The standard InChI is InChI=1S/C16H20N4O4S/c1-2-24-14-3-5-15(6-4-14)25(21,22)19-13-11-17-16(18-12-13)20-7-9-23-10-8-20/h3-6,11-12,19H,2,7-10H2,1H3. The highest BCUT2D eigenvalue weighted by Crippen LogP contribution is 2.19. The van der Waals surface area contributed by atoms with Gasteiger partial charge in [0.2, 0.25) is 5.95 Å².